The summed E-state index contributed by atoms with van der Waals surface area (Å²) in [5.41, 5.74) is 10.3. The Balaban J connectivity index is 2.18. The normalized spacial score (nSPS) is 10.4. The molecule has 1 aromatic carbocycles. The highest BCUT2D eigenvalue weighted by atomic mass is 32.1. The van der Waals surface area contributed by atoms with Gasteiger partial charge in [-0.2, -0.15) is 0 Å². The molecule has 0 amide bonds. The Morgan fingerprint density at radius 2 is 2.16 bits per heavy atom. The lowest BCUT2D eigenvalue weighted by Gasteiger charge is -2.12. The van der Waals surface area contributed by atoms with Gasteiger partial charge < -0.3 is 11.1 Å². The third kappa shape index (κ3) is 3.33. The summed E-state index contributed by atoms with van der Waals surface area (Å²) in [6.07, 6.45) is 1.07. The second-order valence-electron chi connectivity index (χ2n) is 4.49. The molecule has 0 fully saturated rings. The molecule has 19 heavy (non-hydrogen) atoms. The fraction of sp³-hybridized carbons (Fsp3) is 0.267. The Labute approximate surface area is 123 Å². The summed E-state index contributed by atoms with van der Waals surface area (Å²) < 4.78 is 0. The van der Waals surface area contributed by atoms with E-state index in [2.05, 4.69) is 29.8 Å². The number of thiophene rings is 1. The summed E-state index contributed by atoms with van der Waals surface area (Å²) in [4.78, 5) is 1.81. The first-order valence-corrected chi connectivity index (χ1v) is 7.60. The maximum absolute atomic E-state index is 5.78. The molecule has 0 atom stereocenters. The highest BCUT2D eigenvalue weighted by Crippen LogP contribution is 2.22. The molecule has 0 aliphatic carbocycles. The molecule has 2 nitrogen and oxygen atoms in total. The van der Waals surface area contributed by atoms with Gasteiger partial charge in [-0.1, -0.05) is 30.8 Å². The van der Waals surface area contributed by atoms with Crippen LogP contribution in [0.2, 0.25) is 0 Å². The van der Waals surface area contributed by atoms with Crippen molar-refractivity contribution in [2.24, 2.45) is 5.73 Å². The minimum absolute atomic E-state index is 0.438. The van der Waals surface area contributed by atoms with E-state index in [4.69, 9.17) is 18.0 Å². The first-order chi connectivity index (χ1) is 9.11. The zero-order chi connectivity index (χ0) is 13.8. The van der Waals surface area contributed by atoms with Gasteiger partial charge in [0.1, 0.15) is 4.99 Å². The minimum Gasteiger partial charge on any atom is -0.389 e. The van der Waals surface area contributed by atoms with Crippen molar-refractivity contribution in [3.63, 3.8) is 0 Å². The van der Waals surface area contributed by atoms with E-state index < -0.39 is 0 Å². The number of hydrogen-bond acceptors (Lipinski definition) is 3. The van der Waals surface area contributed by atoms with Crippen molar-refractivity contribution < 1.29 is 0 Å². The summed E-state index contributed by atoms with van der Waals surface area (Å²) in [6.45, 7) is 5.04. The van der Waals surface area contributed by atoms with Gasteiger partial charge in [0.05, 0.1) is 0 Å². The van der Waals surface area contributed by atoms with Gasteiger partial charge in [-0.3, -0.25) is 0 Å². The van der Waals surface area contributed by atoms with Crippen LogP contribution in [0.3, 0.4) is 0 Å². The van der Waals surface area contributed by atoms with Crippen molar-refractivity contribution in [1.29, 1.82) is 0 Å². The summed E-state index contributed by atoms with van der Waals surface area (Å²) in [5, 5.41) is 5.58. The molecule has 1 aromatic heterocycles. The molecule has 0 aliphatic heterocycles. The Bertz CT molecular complexity index is 588. The number of nitrogens with two attached hydrogens (primary N) is 1. The quantitative estimate of drug-likeness (QED) is 0.821. The Morgan fingerprint density at radius 3 is 2.84 bits per heavy atom. The number of hydrogen-bond donors (Lipinski definition) is 2. The van der Waals surface area contributed by atoms with Crippen molar-refractivity contribution in [3.05, 3.63) is 51.2 Å². The topological polar surface area (TPSA) is 38.0 Å². The van der Waals surface area contributed by atoms with Gasteiger partial charge in [-0.15, -0.1) is 11.3 Å². The van der Waals surface area contributed by atoms with Crippen LogP contribution >= 0.6 is 23.6 Å². The summed E-state index contributed by atoms with van der Waals surface area (Å²) in [7, 11) is 0. The van der Waals surface area contributed by atoms with Crippen molar-refractivity contribution in [3.8, 4) is 0 Å². The fourth-order valence-electron chi connectivity index (χ4n) is 2.03. The molecule has 100 valence electrons. The molecule has 0 bridgehead atoms. The lowest BCUT2D eigenvalue weighted by atomic mass is 10.1. The standard InChI is InChI=1S/C15H18N2S2/c1-3-11-6-7-19-14(11)9-17-13-5-4-10(2)8-12(13)15(16)18/h4-8,17H,3,9H2,1-2H3,(H2,16,18). The molecule has 2 rings (SSSR count). The van der Waals surface area contributed by atoms with E-state index in [-0.39, 0.29) is 0 Å². The van der Waals surface area contributed by atoms with Gasteiger partial charge in [0.25, 0.3) is 0 Å². The summed E-state index contributed by atoms with van der Waals surface area (Å²) in [5.74, 6) is 0. The molecule has 1 heterocycles. The van der Waals surface area contributed by atoms with Crippen molar-refractivity contribution in [2.75, 3.05) is 5.32 Å². The van der Waals surface area contributed by atoms with Crippen LogP contribution in [0.1, 0.15) is 28.5 Å². The average Bonchev–Trinajstić information content (AvgIpc) is 2.84. The Morgan fingerprint density at radius 1 is 1.37 bits per heavy atom. The molecular weight excluding hydrogens is 272 g/mol. The van der Waals surface area contributed by atoms with Crippen molar-refractivity contribution in [1.82, 2.24) is 0 Å². The van der Waals surface area contributed by atoms with Crippen LogP contribution in [-0.4, -0.2) is 4.99 Å². The molecular formula is C15H18N2S2. The Kier molecular flexibility index (Phi) is 4.56. The van der Waals surface area contributed by atoms with E-state index >= 15 is 0 Å². The van der Waals surface area contributed by atoms with Crippen LogP contribution in [0.25, 0.3) is 0 Å². The SMILES string of the molecule is CCc1ccsc1CNc1ccc(C)cc1C(N)=S. The number of nitrogens with one attached hydrogen (secondary N) is 1. The predicted octanol–water partition coefficient (Wildman–Crippen LogP) is 3.87. The zero-order valence-corrected chi connectivity index (χ0v) is 12.8. The van der Waals surface area contributed by atoms with Crippen LogP contribution in [0, 0.1) is 6.92 Å². The lowest BCUT2D eigenvalue weighted by molar-refractivity contribution is 1.08. The number of aryl methyl sites for hydroxylation is 2. The highest BCUT2D eigenvalue weighted by molar-refractivity contribution is 7.80. The number of anilines is 1. The summed E-state index contributed by atoms with van der Waals surface area (Å²) >= 11 is 6.90. The highest BCUT2D eigenvalue weighted by Gasteiger charge is 2.07. The first-order valence-electron chi connectivity index (χ1n) is 6.31. The molecule has 2 aromatic rings. The predicted molar refractivity (Wildman–Crippen MR) is 88.1 cm³/mol. The van der Waals surface area contributed by atoms with Gasteiger partial charge in [0.15, 0.2) is 0 Å². The Hall–Kier alpha value is -1.39. The maximum atomic E-state index is 5.78. The number of rotatable bonds is 5. The second-order valence-corrected chi connectivity index (χ2v) is 5.93. The largest absolute Gasteiger partial charge is 0.389 e. The molecule has 0 saturated carbocycles. The molecule has 0 spiro atoms. The van der Waals surface area contributed by atoms with E-state index in [1.54, 1.807) is 11.3 Å². The molecule has 0 saturated heterocycles. The smallest absolute Gasteiger partial charge is 0.106 e. The lowest BCUT2D eigenvalue weighted by Crippen LogP contribution is -2.13. The molecule has 0 unspecified atom stereocenters. The third-order valence-electron chi connectivity index (χ3n) is 3.10. The molecule has 4 heteroatoms. The van der Waals surface area contributed by atoms with E-state index in [0.29, 0.717) is 4.99 Å². The van der Waals surface area contributed by atoms with E-state index in [9.17, 15) is 0 Å². The zero-order valence-electron chi connectivity index (χ0n) is 11.2. The van der Waals surface area contributed by atoms with Gasteiger partial charge in [0.2, 0.25) is 0 Å². The second kappa shape index (κ2) is 6.17. The van der Waals surface area contributed by atoms with Crippen LogP contribution < -0.4 is 11.1 Å². The van der Waals surface area contributed by atoms with Crippen LogP contribution in [0.15, 0.2) is 29.6 Å². The average molecular weight is 290 g/mol. The van der Waals surface area contributed by atoms with Gasteiger partial charge in [-0.25, -0.2) is 0 Å². The van der Waals surface area contributed by atoms with Gasteiger partial charge in [-0.05, 0) is 42.5 Å². The van der Waals surface area contributed by atoms with Crippen LogP contribution in [-0.2, 0) is 13.0 Å². The summed E-state index contributed by atoms with van der Waals surface area (Å²) in [6, 6.07) is 8.33. The van der Waals surface area contributed by atoms with E-state index in [1.165, 1.54) is 16.0 Å². The van der Waals surface area contributed by atoms with E-state index in [0.717, 1.165) is 24.2 Å². The first kappa shape index (κ1) is 14.0. The van der Waals surface area contributed by atoms with Crippen LogP contribution in [0.4, 0.5) is 5.69 Å². The number of thiocarbonyl (C=S) groups is 1. The number of benzene rings is 1. The maximum Gasteiger partial charge on any atom is 0.106 e. The molecule has 3 N–H and O–H groups in total. The van der Waals surface area contributed by atoms with Gasteiger partial charge in [0, 0.05) is 22.7 Å². The third-order valence-corrected chi connectivity index (χ3v) is 4.28. The fourth-order valence-corrected chi connectivity index (χ4v) is 3.11. The van der Waals surface area contributed by atoms with Crippen LogP contribution in [0.5, 0.6) is 0 Å². The van der Waals surface area contributed by atoms with Gasteiger partial charge >= 0.3 is 0 Å². The monoisotopic (exact) mass is 290 g/mol. The minimum atomic E-state index is 0.438. The molecule has 0 radical (unpaired) electrons. The van der Waals surface area contributed by atoms with Crippen molar-refractivity contribution >= 4 is 34.2 Å². The van der Waals surface area contributed by atoms with Crippen molar-refractivity contribution in [2.45, 2.75) is 26.8 Å². The molecule has 0 aliphatic rings. The van der Waals surface area contributed by atoms with E-state index in [1.807, 2.05) is 19.1 Å².